The van der Waals surface area contributed by atoms with Crippen LogP contribution in [-0.2, 0) is 11.4 Å². The van der Waals surface area contributed by atoms with E-state index < -0.39 is 6.04 Å². The van der Waals surface area contributed by atoms with Gasteiger partial charge in [0.05, 0.1) is 37.6 Å². The van der Waals surface area contributed by atoms with Gasteiger partial charge in [-0.05, 0) is 30.7 Å². The third-order valence-corrected chi connectivity index (χ3v) is 7.27. The first-order valence-corrected chi connectivity index (χ1v) is 13.2. The monoisotopic (exact) mass is 595 g/mol. The van der Waals surface area contributed by atoms with Gasteiger partial charge in [-0.15, -0.1) is 0 Å². The first-order chi connectivity index (χ1) is 19.8. The Hall–Kier alpha value is -4.41. The van der Waals surface area contributed by atoms with Gasteiger partial charge in [-0.2, -0.15) is 10.1 Å². The lowest BCUT2D eigenvalue weighted by Gasteiger charge is -2.29. The third kappa shape index (κ3) is 5.61. The summed E-state index contributed by atoms with van der Waals surface area (Å²) < 4.78 is 24.1. The van der Waals surface area contributed by atoms with Crippen molar-refractivity contribution < 1.29 is 23.7 Å². The number of halogens is 2. The van der Waals surface area contributed by atoms with Crippen LogP contribution in [0.15, 0.2) is 72.2 Å². The minimum absolute atomic E-state index is 0.259. The number of aromatic nitrogens is 3. The second kappa shape index (κ2) is 12.0. The molecule has 0 aliphatic carbocycles. The number of ether oxygens (including phenoxy) is 4. The zero-order valence-corrected chi connectivity index (χ0v) is 24.2. The van der Waals surface area contributed by atoms with E-state index in [2.05, 4.69) is 20.7 Å². The molecule has 212 valence electrons. The Morgan fingerprint density at radius 1 is 0.951 bits per heavy atom. The number of methoxy groups -OCH3 is 3. The maximum atomic E-state index is 13.9. The minimum atomic E-state index is -0.638. The summed E-state index contributed by atoms with van der Waals surface area (Å²) in [5.41, 5.74) is 2.97. The quantitative estimate of drug-likeness (QED) is 0.238. The van der Waals surface area contributed by atoms with Crippen molar-refractivity contribution in [3.8, 4) is 23.0 Å². The van der Waals surface area contributed by atoms with Crippen LogP contribution in [0.4, 0.5) is 11.6 Å². The van der Waals surface area contributed by atoms with Crippen molar-refractivity contribution in [2.75, 3.05) is 32.0 Å². The molecule has 0 radical (unpaired) electrons. The van der Waals surface area contributed by atoms with Gasteiger partial charge in [0.25, 0.3) is 5.91 Å². The van der Waals surface area contributed by atoms with Gasteiger partial charge in [0.15, 0.2) is 11.5 Å². The summed E-state index contributed by atoms with van der Waals surface area (Å²) in [5, 5.41) is 11.5. The molecule has 0 bridgehead atoms. The molecule has 2 heterocycles. The molecule has 5 rings (SSSR count). The van der Waals surface area contributed by atoms with E-state index in [-0.39, 0.29) is 12.5 Å². The van der Waals surface area contributed by atoms with Gasteiger partial charge < -0.3 is 29.6 Å². The molecule has 4 aromatic rings. The molecule has 0 saturated heterocycles. The Balaban J connectivity index is 1.50. The van der Waals surface area contributed by atoms with Crippen LogP contribution in [0.2, 0.25) is 10.0 Å². The molecular formula is C29H27Cl2N5O5. The average Bonchev–Trinajstić information content (AvgIpc) is 3.44. The molecule has 0 spiro atoms. The Morgan fingerprint density at radius 3 is 2.44 bits per heavy atom. The van der Waals surface area contributed by atoms with Crippen molar-refractivity contribution in [1.29, 1.82) is 0 Å². The maximum absolute atomic E-state index is 13.9. The number of hydrogen-bond donors (Lipinski definition) is 2. The number of nitrogens with one attached hydrogen (secondary N) is 2. The summed E-state index contributed by atoms with van der Waals surface area (Å²) in [5.74, 6) is 1.88. The second-order valence-corrected chi connectivity index (χ2v) is 9.84. The van der Waals surface area contributed by atoms with Crippen LogP contribution in [-0.4, -0.2) is 42.0 Å². The van der Waals surface area contributed by atoms with Crippen molar-refractivity contribution >= 4 is 40.7 Å². The fraction of sp³-hybridized carbons (Fsp3) is 0.207. The zero-order valence-electron chi connectivity index (χ0n) is 22.7. The summed E-state index contributed by atoms with van der Waals surface area (Å²) in [6.45, 7) is 2.06. The van der Waals surface area contributed by atoms with Crippen LogP contribution in [0, 0.1) is 0 Å². The van der Waals surface area contributed by atoms with Crippen molar-refractivity contribution in [3.05, 3.63) is 93.4 Å². The molecule has 0 fully saturated rings. The Morgan fingerprint density at radius 2 is 1.71 bits per heavy atom. The summed E-state index contributed by atoms with van der Waals surface area (Å²) in [4.78, 5) is 18.2. The number of anilines is 2. The number of hydrogen-bond acceptors (Lipinski definition) is 8. The van der Waals surface area contributed by atoms with E-state index in [4.69, 9.17) is 42.1 Å². The molecule has 1 aromatic heterocycles. The maximum Gasteiger partial charge on any atom is 0.255 e. The lowest BCUT2D eigenvalue weighted by Crippen LogP contribution is -2.31. The zero-order chi connectivity index (χ0) is 29.1. The smallest absolute Gasteiger partial charge is 0.255 e. The predicted octanol–water partition coefficient (Wildman–Crippen LogP) is 6.12. The first-order valence-electron chi connectivity index (χ1n) is 12.5. The Bertz CT molecular complexity index is 1640. The number of fused-ring (bicyclic) bond motifs is 1. The van der Waals surface area contributed by atoms with Crippen LogP contribution < -0.4 is 29.6 Å². The summed E-state index contributed by atoms with van der Waals surface area (Å²) in [6.07, 6.45) is 1.43. The molecule has 1 amide bonds. The highest BCUT2D eigenvalue weighted by atomic mass is 35.5. The van der Waals surface area contributed by atoms with Crippen molar-refractivity contribution in [3.63, 3.8) is 0 Å². The van der Waals surface area contributed by atoms with Crippen molar-refractivity contribution in [1.82, 2.24) is 14.8 Å². The molecule has 10 nitrogen and oxygen atoms in total. The van der Waals surface area contributed by atoms with E-state index in [1.807, 2.05) is 36.4 Å². The molecular weight excluding hydrogens is 569 g/mol. The van der Waals surface area contributed by atoms with E-state index in [1.165, 1.54) is 20.5 Å². The third-order valence-electron chi connectivity index (χ3n) is 6.61. The lowest BCUT2D eigenvalue weighted by atomic mass is 9.94. The first kappa shape index (κ1) is 28.1. The van der Waals surface area contributed by atoms with Crippen LogP contribution >= 0.6 is 23.2 Å². The van der Waals surface area contributed by atoms with Crippen molar-refractivity contribution in [2.45, 2.75) is 19.6 Å². The van der Waals surface area contributed by atoms with Gasteiger partial charge >= 0.3 is 0 Å². The molecule has 2 N–H and O–H groups in total. The van der Waals surface area contributed by atoms with Gasteiger partial charge in [0, 0.05) is 28.4 Å². The molecule has 1 unspecified atom stereocenters. The van der Waals surface area contributed by atoms with Crippen LogP contribution in [0.1, 0.15) is 24.1 Å². The number of allylic oxidation sites excluding steroid dienone is 1. The summed E-state index contributed by atoms with van der Waals surface area (Å²) >= 11 is 12.5. The number of carbonyl (C=O) groups excluding carboxylic acids is 1. The molecule has 3 aromatic carbocycles. The van der Waals surface area contributed by atoms with Gasteiger partial charge in [-0.3, -0.25) is 4.79 Å². The standard InChI is InChI=1S/C29H27Cl2N5O5/c1-16-26(28(37)35-21-13-23(38-2)20(31)12-24(21)39-3)27(36-29(34-16)32-15-33-36)17-9-10-22(25(11-17)40-4)41-14-18-7-5-6-8-19(18)30/h5-13,15,27H,14H2,1-4H3,(H,35,37)(H,32,33,34). The average molecular weight is 596 g/mol. The number of rotatable bonds is 9. The van der Waals surface area contributed by atoms with Gasteiger partial charge in [-0.25, -0.2) is 4.68 Å². The van der Waals surface area contributed by atoms with Gasteiger partial charge in [-0.1, -0.05) is 47.5 Å². The number of carbonyl (C=O) groups is 1. The van der Waals surface area contributed by atoms with E-state index in [9.17, 15) is 4.79 Å². The number of benzene rings is 3. The SMILES string of the molecule is COc1cc(NC(=O)C2=C(C)Nc3ncnn3C2c2ccc(OCc3ccccc3Cl)c(OC)c2)c(OC)cc1Cl. The van der Waals surface area contributed by atoms with Crippen molar-refractivity contribution in [2.24, 2.45) is 0 Å². The van der Waals surface area contributed by atoms with Crippen LogP contribution in [0.3, 0.4) is 0 Å². The van der Waals surface area contributed by atoms with E-state index in [0.717, 1.165) is 11.1 Å². The highest BCUT2D eigenvalue weighted by Crippen LogP contribution is 2.41. The van der Waals surface area contributed by atoms with E-state index in [1.54, 1.807) is 36.9 Å². The molecule has 12 heteroatoms. The molecule has 1 atom stereocenters. The Labute approximate surface area is 246 Å². The molecule has 0 saturated carbocycles. The van der Waals surface area contributed by atoms with Crippen LogP contribution in [0.25, 0.3) is 0 Å². The number of amides is 1. The molecule has 41 heavy (non-hydrogen) atoms. The highest BCUT2D eigenvalue weighted by molar-refractivity contribution is 6.32. The van der Waals surface area contributed by atoms with Crippen LogP contribution in [0.5, 0.6) is 23.0 Å². The lowest BCUT2D eigenvalue weighted by molar-refractivity contribution is -0.113. The number of nitrogens with zero attached hydrogens (tertiary/aromatic N) is 3. The highest BCUT2D eigenvalue weighted by Gasteiger charge is 2.34. The van der Waals surface area contributed by atoms with E-state index >= 15 is 0 Å². The summed E-state index contributed by atoms with van der Waals surface area (Å²) in [6, 6.07) is 15.5. The fourth-order valence-electron chi connectivity index (χ4n) is 4.59. The molecule has 1 aliphatic heterocycles. The summed E-state index contributed by atoms with van der Waals surface area (Å²) in [7, 11) is 4.54. The van der Waals surface area contributed by atoms with E-state index in [0.29, 0.717) is 55.9 Å². The largest absolute Gasteiger partial charge is 0.495 e. The minimum Gasteiger partial charge on any atom is -0.495 e. The Kier molecular flexibility index (Phi) is 8.23. The fourth-order valence-corrected chi connectivity index (χ4v) is 5.01. The normalized spacial score (nSPS) is 14.1. The van der Waals surface area contributed by atoms with Gasteiger partial charge in [0.1, 0.15) is 30.5 Å². The second-order valence-electron chi connectivity index (χ2n) is 9.03. The predicted molar refractivity (Wildman–Crippen MR) is 156 cm³/mol. The topological polar surface area (TPSA) is 109 Å². The molecule has 1 aliphatic rings. The van der Waals surface area contributed by atoms with Gasteiger partial charge in [0.2, 0.25) is 5.95 Å².